The van der Waals surface area contributed by atoms with E-state index in [1.165, 1.54) is 5.56 Å². The molecule has 1 rings (SSSR count). The highest BCUT2D eigenvalue weighted by atomic mass is 79.9. The average molecular weight is 300 g/mol. The number of rotatable bonds is 5. The van der Waals surface area contributed by atoms with Gasteiger partial charge in [-0.25, -0.2) is 4.79 Å². The average Bonchev–Trinajstić information content (AvgIpc) is 2.28. The summed E-state index contributed by atoms with van der Waals surface area (Å²) in [6.45, 7) is 6.20. The van der Waals surface area contributed by atoms with E-state index in [4.69, 9.17) is 4.74 Å². The number of ether oxygens (including phenoxy) is 1. The highest BCUT2D eigenvalue weighted by Crippen LogP contribution is 2.24. The van der Waals surface area contributed by atoms with Crippen molar-refractivity contribution in [1.82, 2.24) is 0 Å². The Morgan fingerprint density at radius 2 is 2.18 bits per heavy atom. The second-order valence-electron chi connectivity index (χ2n) is 3.84. The lowest BCUT2D eigenvalue weighted by atomic mass is 10.2. The Balaban J connectivity index is 2.77. The van der Waals surface area contributed by atoms with Gasteiger partial charge in [0.25, 0.3) is 0 Å². The normalized spacial score (nSPS) is 12.0. The molecule has 17 heavy (non-hydrogen) atoms. The van der Waals surface area contributed by atoms with Crippen LogP contribution in [-0.2, 0) is 9.53 Å². The van der Waals surface area contributed by atoms with E-state index in [0.717, 1.165) is 10.2 Å². The molecule has 1 unspecified atom stereocenters. The summed E-state index contributed by atoms with van der Waals surface area (Å²) < 4.78 is 5.97. The highest BCUT2D eigenvalue weighted by Gasteiger charge is 2.17. The van der Waals surface area contributed by atoms with E-state index in [2.05, 4.69) is 21.2 Å². The summed E-state index contributed by atoms with van der Waals surface area (Å²) in [7, 11) is 0. The van der Waals surface area contributed by atoms with Crippen molar-refractivity contribution in [3.63, 3.8) is 0 Å². The Hall–Kier alpha value is -1.03. The quantitative estimate of drug-likeness (QED) is 0.846. The monoisotopic (exact) mass is 299 g/mol. The first-order valence-electron chi connectivity index (χ1n) is 5.77. The van der Waals surface area contributed by atoms with Crippen molar-refractivity contribution in [2.75, 3.05) is 11.9 Å². The van der Waals surface area contributed by atoms with Gasteiger partial charge in [0.15, 0.2) is 0 Å². The molecule has 0 radical (unpaired) electrons. The van der Waals surface area contributed by atoms with Crippen LogP contribution >= 0.6 is 15.9 Å². The zero-order chi connectivity index (χ0) is 12.8. The van der Waals surface area contributed by atoms with Crippen molar-refractivity contribution < 1.29 is 9.53 Å². The van der Waals surface area contributed by atoms with Gasteiger partial charge < -0.3 is 10.1 Å². The predicted octanol–water partition coefficient (Wildman–Crippen LogP) is 3.51. The topological polar surface area (TPSA) is 38.3 Å². The van der Waals surface area contributed by atoms with E-state index in [0.29, 0.717) is 13.0 Å². The van der Waals surface area contributed by atoms with E-state index >= 15 is 0 Å². The third kappa shape index (κ3) is 4.04. The number of hydrogen-bond donors (Lipinski definition) is 1. The SMILES string of the molecule is CCOC(=O)C(CC)Nc1ccc(C)cc1Br. The third-order valence-electron chi connectivity index (χ3n) is 2.43. The van der Waals surface area contributed by atoms with Gasteiger partial charge in [-0.1, -0.05) is 13.0 Å². The van der Waals surface area contributed by atoms with Crippen LogP contribution in [0.5, 0.6) is 0 Å². The van der Waals surface area contributed by atoms with Gasteiger partial charge in [-0.05, 0) is 53.9 Å². The van der Waals surface area contributed by atoms with E-state index in [1.807, 2.05) is 39.0 Å². The fourth-order valence-corrected chi connectivity index (χ4v) is 2.10. The Labute approximate surface area is 111 Å². The van der Waals surface area contributed by atoms with Crippen LogP contribution in [0.2, 0.25) is 0 Å². The van der Waals surface area contributed by atoms with E-state index in [-0.39, 0.29) is 12.0 Å². The van der Waals surface area contributed by atoms with E-state index in [9.17, 15) is 4.79 Å². The van der Waals surface area contributed by atoms with Crippen molar-refractivity contribution in [2.45, 2.75) is 33.2 Å². The Morgan fingerprint density at radius 3 is 2.71 bits per heavy atom. The van der Waals surface area contributed by atoms with Gasteiger partial charge in [-0.15, -0.1) is 0 Å². The number of benzene rings is 1. The minimum absolute atomic E-state index is 0.206. The fraction of sp³-hybridized carbons (Fsp3) is 0.462. The van der Waals surface area contributed by atoms with Crippen LogP contribution in [-0.4, -0.2) is 18.6 Å². The first-order chi connectivity index (χ1) is 8.08. The number of anilines is 1. The highest BCUT2D eigenvalue weighted by molar-refractivity contribution is 9.10. The molecule has 1 aromatic rings. The van der Waals surface area contributed by atoms with Gasteiger partial charge >= 0.3 is 5.97 Å². The first-order valence-corrected chi connectivity index (χ1v) is 6.57. The molecule has 0 aromatic heterocycles. The number of carbonyl (C=O) groups excluding carboxylic acids is 1. The molecule has 0 fully saturated rings. The maximum atomic E-state index is 11.7. The molecule has 0 saturated carbocycles. The minimum atomic E-state index is -0.297. The van der Waals surface area contributed by atoms with Crippen LogP contribution in [0.3, 0.4) is 0 Å². The lowest BCUT2D eigenvalue weighted by Gasteiger charge is -2.17. The van der Waals surface area contributed by atoms with Crippen LogP contribution in [0.15, 0.2) is 22.7 Å². The lowest BCUT2D eigenvalue weighted by Crippen LogP contribution is -2.30. The standard InChI is InChI=1S/C13H18BrNO2/c1-4-11(13(16)17-5-2)15-12-7-6-9(3)8-10(12)14/h6-8,11,15H,4-5H2,1-3H3. The zero-order valence-electron chi connectivity index (χ0n) is 10.4. The molecule has 0 saturated heterocycles. The summed E-state index contributed by atoms with van der Waals surface area (Å²) in [6, 6.07) is 5.68. The zero-order valence-corrected chi connectivity index (χ0v) is 12.0. The molecule has 1 N–H and O–H groups in total. The molecule has 3 nitrogen and oxygen atoms in total. The van der Waals surface area contributed by atoms with Crippen molar-refractivity contribution >= 4 is 27.6 Å². The first kappa shape index (κ1) is 14.0. The van der Waals surface area contributed by atoms with Crippen LogP contribution < -0.4 is 5.32 Å². The number of nitrogens with one attached hydrogen (secondary N) is 1. The third-order valence-corrected chi connectivity index (χ3v) is 3.09. The lowest BCUT2D eigenvalue weighted by molar-refractivity contribution is -0.144. The van der Waals surface area contributed by atoms with Crippen molar-refractivity contribution in [3.05, 3.63) is 28.2 Å². The molecule has 0 amide bonds. The van der Waals surface area contributed by atoms with Crippen LogP contribution in [0, 0.1) is 6.92 Å². The molecule has 1 atom stereocenters. The molecule has 0 aliphatic rings. The maximum Gasteiger partial charge on any atom is 0.328 e. The molecular weight excluding hydrogens is 282 g/mol. The van der Waals surface area contributed by atoms with Crippen LogP contribution in [0.4, 0.5) is 5.69 Å². The molecule has 0 spiro atoms. The van der Waals surface area contributed by atoms with Crippen molar-refractivity contribution in [2.24, 2.45) is 0 Å². The van der Waals surface area contributed by atoms with Gasteiger partial charge in [-0.3, -0.25) is 0 Å². The van der Waals surface area contributed by atoms with Gasteiger partial charge in [0.05, 0.1) is 6.61 Å². The van der Waals surface area contributed by atoms with E-state index in [1.54, 1.807) is 0 Å². The Morgan fingerprint density at radius 1 is 1.47 bits per heavy atom. The second kappa shape index (κ2) is 6.64. The maximum absolute atomic E-state index is 11.7. The molecular formula is C13H18BrNO2. The van der Waals surface area contributed by atoms with Gasteiger partial charge in [0, 0.05) is 10.2 Å². The minimum Gasteiger partial charge on any atom is -0.464 e. The smallest absolute Gasteiger partial charge is 0.328 e. The summed E-state index contributed by atoms with van der Waals surface area (Å²) in [6.07, 6.45) is 0.694. The molecule has 0 aliphatic carbocycles. The number of carbonyl (C=O) groups is 1. The number of halogens is 1. The predicted molar refractivity (Wildman–Crippen MR) is 73.2 cm³/mol. The molecule has 0 aliphatic heterocycles. The summed E-state index contributed by atoms with van der Waals surface area (Å²) in [5.41, 5.74) is 2.09. The van der Waals surface area contributed by atoms with Crippen LogP contribution in [0.1, 0.15) is 25.8 Å². The Bertz CT molecular complexity index is 393. The molecule has 4 heteroatoms. The largest absolute Gasteiger partial charge is 0.464 e. The van der Waals surface area contributed by atoms with Crippen molar-refractivity contribution in [1.29, 1.82) is 0 Å². The summed E-state index contributed by atoms with van der Waals surface area (Å²) in [5.74, 6) is -0.206. The number of hydrogen-bond acceptors (Lipinski definition) is 3. The molecule has 0 heterocycles. The summed E-state index contributed by atoms with van der Waals surface area (Å²) in [4.78, 5) is 11.7. The molecule has 0 bridgehead atoms. The Kier molecular flexibility index (Phi) is 5.48. The fourth-order valence-electron chi connectivity index (χ4n) is 1.50. The van der Waals surface area contributed by atoms with Gasteiger partial charge in [0.2, 0.25) is 0 Å². The van der Waals surface area contributed by atoms with Gasteiger partial charge in [0.1, 0.15) is 6.04 Å². The van der Waals surface area contributed by atoms with Crippen molar-refractivity contribution in [3.8, 4) is 0 Å². The number of esters is 1. The van der Waals surface area contributed by atoms with E-state index < -0.39 is 0 Å². The van der Waals surface area contributed by atoms with Crippen LogP contribution in [0.25, 0.3) is 0 Å². The summed E-state index contributed by atoms with van der Waals surface area (Å²) in [5, 5.41) is 3.19. The molecule has 1 aromatic carbocycles. The summed E-state index contributed by atoms with van der Waals surface area (Å²) >= 11 is 3.48. The molecule has 94 valence electrons. The van der Waals surface area contributed by atoms with Gasteiger partial charge in [-0.2, -0.15) is 0 Å². The second-order valence-corrected chi connectivity index (χ2v) is 4.69. The number of aryl methyl sites for hydroxylation is 1.